The van der Waals surface area contributed by atoms with Gasteiger partial charge in [-0.15, -0.1) is 0 Å². The molecule has 0 saturated carbocycles. The van der Waals surface area contributed by atoms with Gasteiger partial charge >= 0.3 is 0 Å². The quantitative estimate of drug-likeness (QED) is 0.633. The first-order chi connectivity index (χ1) is 11.8. The third kappa shape index (κ3) is 1.87. The molecule has 4 heteroatoms. The topological polar surface area (TPSA) is 32.7 Å². The number of nitrogens with zero attached hydrogens (tertiary/aromatic N) is 2. The van der Waals surface area contributed by atoms with Crippen LogP contribution in [0.3, 0.4) is 0 Å². The Balaban J connectivity index is 1.75. The Morgan fingerprint density at radius 2 is 1.54 bits per heavy atom. The molecule has 0 spiro atoms. The molecule has 0 aliphatic carbocycles. The SMILES string of the molecule is O=C1C(=Nc2ccccc2)c2cccc3c2N1c1ccccc1S3. The van der Waals surface area contributed by atoms with Crippen molar-refractivity contribution < 1.29 is 4.79 Å². The minimum Gasteiger partial charge on any atom is -0.273 e. The lowest BCUT2D eigenvalue weighted by atomic mass is 10.1. The van der Waals surface area contributed by atoms with E-state index in [-0.39, 0.29) is 5.91 Å². The van der Waals surface area contributed by atoms with E-state index < -0.39 is 0 Å². The number of anilines is 2. The third-order valence-electron chi connectivity index (χ3n) is 4.21. The molecular formula is C20H12N2OS. The fourth-order valence-corrected chi connectivity index (χ4v) is 4.26. The summed E-state index contributed by atoms with van der Waals surface area (Å²) in [6.45, 7) is 0. The smallest absolute Gasteiger partial charge is 0.273 e. The first-order valence-electron chi connectivity index (χ1n) is 7.71. The Labute approximate surface area is 143 Å². The molecular weight excluding hydrogens is 316 g/mol. The van der Waals surface area contributed by atoms with Gasteiger partial charge < -0.3 is 0 Å². The van der Waals surface area contributed by atoms with E-state index in [1.54, 1.807) is 16.7 Å². The Morgan fingerprint density at radius 1 is 0.792 bits per heavy atom. The molecule has 2 aliphatic heterocycles. The number of aliphatic imine (C=N–C) groups is 1. The molecule has 3 aromatic carbocycles. The van der Waals surface area contributed by atoms with Gasteiger partial charge in [0.25, 0.3) is 5.91 Å². The van der Waals surface area contributed by atoms with Gasteiger partial charge in [-0.1, -0.05) is 54.2 Å². The maximum Gasteiger partial charge on any atom is 0.282 e. The molecule has 2 aliphatic rings. The van der Waals surface area contributed by atoms with E-state index in [4.69, 9.17) is 0 Å². The third-order valence-corrected chi connectivity index (χ3v) is 5.32. The zero-order valence-electron chi connectivity index (χ0n) is 12.6. The zero-order valence-corrected chi connectivity index (χ0v) is 13.5. The van der Waals surface area contributed by atoms with Crippen molar-refractivity contribution in [2.75, 3.05) is 4.90 Å². The zero-order chi connectivity index (χ0) is 16.1. The fourth-order valence-electron chi connectivity index (χ4n) is 3.17. The van der Waals surface area contributed by atoms with Crippen LogP contribution in [0.25, 0.3) is 0 Å². The average molecular weight is 328 g/mol. The molecule has 0 N–H and O–H groups in total. The molecule has 5 rings (SSSR count). The fraction of sp³-hybridized carbons (Fsp3) is 0. The molecule has 0 unspecified atom stereocenters. The van der Waals surface area contributed by atoms with E-state index in [1.807, 2.05) is 60.7 Å². The molecule has 0 aromatic heterocycles. The second-order valence-electron chi connectivity index (χ2n) is 5.66. The van der Waals surface area contributed by atoms with Crippen molar-refractivity contribution in [3.8, 4) is 0 Å². The molecule has 114 valence electrons. The van der Waals surface area contributed by atoms with Gasteiger partial charge in [-0.2, -0.15) is 0 Å². The number of para-hydroxylation sites is 3. The summed E-state index contributed by atoms with van der Waals surface area (Å²) in [5.74, 6) is -0.0611. The highest BCUT2D eigenvalue weighted by atomic mass is 32.2. The number of benzene rings is 3. The number of carbonyl (C=O) groups excluding carboxylic acids is 1. The van der Waals surface area contributed by atoms with Gasteiger partial charge in [0.2, 0.25) is 0 Å². The second kappa shape index (κ2) is 5.08. The van der Waals surface area contributed by atoms with Crippen LogP contribution in [-0.4, -0.2) is 11.6 Å². The molecule has 24 heavy (non-hydrogen) atoms. The summed E-state index contributed by atoms with van der Waals surface area (Å²) < 4.78 is 0. The molecule has 3 aromatic rings. The Hall–Kier alpha value is -2.85. The lowest BCUT2D eigenvalue weighted by Gasteiger charge is -2.26. The molecule has 0 bridgehead atoms. The highest BCUT2D eigenvalue weighted by molar-refractivity contribution is 7.99. The Bertz CT molecular complexity index is 1010. The van der Waals surface area contributed by atoms with Crippen molar-refractivity contribution in [2.45, 2.75) is 9.79 Å². The normalized spacial score (nSPS) is 16.2. The molecule has 3 nitrogen and oxygen atoms in total. The van der Waals surface area contributed by atoms with Crippen molar-refractivity contribution in [3.63, 3.8) is 0 Å². The van der Waals surface area contributed by atoms with E-state index in [1.165, 1.54) is 0 Å². The van der Waals surface area contributed by atoms with E-state index in [0.717, 1.165) is 32.4 Å². The summed E-state index contributed by atoms with van der Waals surface area (Å²) in [7, 11) is 0. The van der Waals surface area contributed by atoms with E-state index in [0.29, 0.717) is 5.71 Å². The van der Waals surface area contributed by atoms with Crippen LogP contribution in [0.4, 0.5) is 17.1 Å². The Kier molecular flexibility index (Phi) is 2.87. The van der Waals surface area contributed by atoms with Gasteiger partial charge in [0.05, 0.1) is 17.1 Å². The van der Waals surface area contributed by atoms with Crippen LogP contribution in [0, 0.1) is 0 Å². The van der Waals surface area contributed by atoms with Crippen LogP contribution in [0.15, 0.2) is 87.6 Å². The van der Waals surface area contributed by atoms with Gasteiger partial charge in [0.1, 0.15) is 5.71 Å². The van der Waals surface area contributed by atoms with Gasteiger partial charge in [0.15, 0.2) is 0 Å². The van der Waals surface area contributed by atoms with Crippen molar-refractivity contribution >= 4 is 40.4 Å². The lowest BCUT2D eigenvalue weighted by molar-refractivity contribution is -0.111. The molecule has 0 saturated heterocycles. The number of hydrogen-bond acceptors (Lipinski definition) is 3. The standard InChI is InChI=1S/C20H12N2OS/c23-20-18(21-13-7-2-1-3-8-13)14-9-6-12-17-19(14)22(20)15-10-4-5-11-16(15)24-17/h1-12H. The number of fused-ring (bicyclic) bond motifs is 2. The van der Waals surface area contributed by atoms with Crippen LogP contribution in [0.1, 0.15) is 5.56 Å². The van der Waals surface area contributed by atoms with Crippen LogP contribution >= 0.6 is 11.8 Å². The maximum absolute atomic E-state index is 13.1. The van der Waals surface area contributed by atoms with Crippen LogP contribution in [-0.2, 0) is 4.79 Å². The maximum atomic E-state index is 13.1. The van der Waals surface area contributed by atoms with Crippen LogP contribution in [0.2, 0.25) is 0 Å². The monoisotopic (exact) mass is 328 g/mol. The number of amides is 1. The van der Waals surface area contributed by atoms with Crippen molar-refractivity contribution in [2.24, 2.45) is 4.99 Å². The van der Waals surface area contributed by atoms with Gasteiger partial charge in [-0.3, -0.25) is 9.69 Å². The highest BCUT2D eigenvalue weighted by Gasteiger charge is 2.40. The first kappa shape index (κ1) is 13.6. The average Bonchev–Trinajstić information content (AvgIpc) is 2.91. The van der Waals surface area contributed by atoms with E-state index in [9.17, 15) is 4.79 Å². The molecule has 0 fully saturated rings. The lowest BCUT2D eigenvalue weighted by Crippen LogP contribution is -2.27. The molecule has 2 heterocycles. The second-order valence-corrected chi connectivity index (χ2v) is 6.74. The van der Waals surface area contributed by atoms with E-state index in [2.05, 4.69) is 17.1 Å². The van der Waals surface area contributed by atoms with Crippen molar-refractivity contribution in [1.82, 2.24) is 0 Å². The van der Waals surface area contributed by atoms with Gasteiger partial charge in [0, 0.05) is 15.4 Å². The summed E-state index contributed by atoms with van der Waals surface area (Å²) in [5, 5.41) is 0. The predicted molar refractivity (Wildman–Crippen MR) is 96.8 cm³/mol. The number of carbonyl (C=O) groups is 1. The summed E-state index contributed by atoms with van der Waals surface area (Å²) >= 11 is 1.70. The minimum atomic E-state index is -0.0611. The molecule has 0 atom stereocenters. The Morgan fingerprint density at radius 3 is 2.42 bits per heavy atom. The number of rotatable bonds is 1. The van der Waals surface area contributed by atoms with Gasteiger partial charge in [-0.25, -0.2) is 4.99 Å². The largest absolute Gasteiger partial charge is 0.282 e. The van der Waals surface area contributed by atoms with Crippen molar-refractivity contribution in [1.29, 1.82) is 0 Å². The molecule has 0 radical (unpaired) electrons. The van der Waals surface area contributed by atoms with Crippen molar-refractivity contribution in [3.05, 3.63) is 78.4 Å². The molecule has 1 amide bonds. The first-order valence-corrected chi connectivity index (χ1v) is 8.53. The number of hydrogen-bond donors (Lipinski definition) is 0. The van der Waals surface area contributed by atoms with Crippen LogP contribution < -0.4 is 4.90 Å². The minimum absolute atomic E-state index is 0.0611. The summed E-state index contributed by atoms with van der Waals surface area (Å²) in [6, 6.07) is 23.7. The van der Waals surface area contributed by atoms with E-state index >= 15 is 0 Å². The highest BCUT2D eigenvalue weighted by Crippen LogP contribution is 2.52. The summed E-state index contributed by atoms with van der Waals surface area (Å²) in [4.78, 5) is 21.8. The summed E-state index contributed by atoms with van der Waals surface area (Å²) in [5.41, 5.74) is 4.10. The predicted octanol–water partition coefficient (Wildman–Crippen LogP) is 4.95. The van der Waals surface area contributed by atoms with Gasteiger partial charge in [-0.05, 0) is 30.3 Å². The summed E-state index contributed by atoms with van der Waals surface area (Å²) in [6.07, 6.45) is 0. The van der Waals surface area contributed by atoms with Crippen LogP contribution in [0.5, 0.6) is 0 Å².